The summed E-state index contributed by atoms with van der Waals surface area (Å²) in [5.41, 5.74) is 3.42. The summed E-state index contributed by atoms with van der Waals surface area (Å²) >= 11 is 0. The van der Waals surface area contributed by atoms with E-state index in [1.165, 1.54) is 12.1 Å². The minimum Gasteiger partial charge on any atom is -0.310 e. The normalized spacial score (nSPS) is 11.4. The first-order chi connectivity index (χ1) is 13.5. The number of aromatic amines is 1. The number of nitrogens with one attached hydrogen (secondary N) is 2. The molecular formula is C22H21FN4O. The molecular weight excluding hydrogens is 355 g/mol. The lowest BCUT2D eigenvalue weighted by Crippen LogP contribution is -2.26. The van der Waals surface area contributed by atoms with Crippen molar-refractivity contribution < 1.29 is 4.39 Å². The molecule has 0 aliphatic carbocycles. The molecule has 0 aliphatic rings. The van der Waals surface area contributed by atoms with E-state index in [-0.39, 0.29) is 17.4 Å². The summed E-state index contributed by atoms with van der Waals surface area (Å²) in [6.45, 7) is 4.52. The quantitative estimate of drug-likeness (QED) is 0.553. The van der Waals surface area contributed by atoms with Crippen molar-refractivity contribution in [2.75, 3.05) is 0 Å². The maximum Gasteiger partial charge on any atom is 0.254 e. The van der Waals surface area contributed by atoms with Crippen LogP contribution in [0.2, 0.25) is 0 Å². The van der Waals surface area contributed by atoms with Gasteiger partial charge in [-0.2, -0.15) is 5.10 Å². The van der Waals surface area contributed by atoms with Gasteiger partial charge in [-0.25, -0.2) is 9.07 Å². The second kappa shape index (κ2) is 7.40. The van der Waals surface area contributed by atoms with Crippen LogP contribution in [0.5, 0.6) is 0 Å². The predicted molar refractivity (Wildman–Crippen MR) is 109 cm³/mol. The lowest BCUT2D eigenvalue weighted by atomic mass is 10.1. The first-order valence-corrected chi connectivity index (χ1v) is 9.22. The van der Waals surface area contributed by atoms with E-state index >= 15 is 0 Å². The Hall–Kier alpha value is -3.25. The molecule has 0 bridgehead atoms. The molecule has 0 aliphatic heterocycles. The highest BCUT2D eigenvalue weighted by molar-refractivity contribution is 5.92. The van der Waals surface area contributed by atoms with Gasteiger partial charge in [-0.1, -0.05) is 32.0 Å². The van der Waals surface area contributed by atoms with E-state index in [0.717, 1.165) is 16.6 Å². The first kappa shape index (κ1) is 18.1. The van der Waals surface area contributed by atoms with Crippen molar-refractivity contribution in [3.63, 3.8) is 0 Å². The van der Waals surface area contributed by atoms with Crippen LogP contribution in [-0.2, 0) is 6.54 Å². The summed E-state index contributed by atoms with van der Waals surface area (Å²) < 4.78 is 15.1. The van der Waals surface area contributed by atoms with Crippen LogP contribution in [0.15, 0.2) is 65.5 Å². The molecule has 0 atom stereocenters. The van der Waals surface area contributed by atoms with Crippen LogP contribution < -0.4 is 10.9 Å². The summed E-state index contributed by atoms with van der Waals surface area (Å²) in [6, 6.07) is 18.0. The number of fused-ring (bicyclic) bond motifs is 1. The fraction of sp³-hybridized carbons (Fsp3) is 0.182. The van der Waals surface area contributed by atoms with E-state index in [1.807, 2.05) is 50.2 Å². The van der Waals surface area contributed by atoms with E-state index in [4.69, 9.17) is 5.10 Å². The van der Waals surface area contributed by atoms with Gasteiger partial charge in [-0.15, -0.1) is 0 Å². The highest BCUT2D eigenvalue weighted by Gasteiger charge is 2.16. The summed E-state index contributed by atoms with van der Waals surface area (Å²) in [6.07, 6.45) is 0. The van der Waals surface area contributed by atoms with Crippen molar-refractivity contribution in [2.24, 2.45) is 0 Å². The Labute approximate surface area is 161 Å². The van der Waals surface area contributed by atoms with E-state index < -0.39 is 0 Å². The van der Waals surface area contributed by atoms with Crippen LogP contribution in [0, 0.1) is 5.82 Å². The third-order valence-electron chi connectivity index (χ3n) is 4.58. The van der Waals surface area contributed by atoms with E-state index in [0.29, 0.717) is 23.4 Å². The van der Waals surface area contributed by atoms with Crippen LogP contribution in [-0.4, -0.2) is 20.8 Å². The Morgan fingerprint density at radius 3 is 2.50 bits per heavy atom. The Balaban J connectivity index is 1.94. The van der Waals surface area contributed by atoms with Gasteiger partial charge < -0.3 is 10.3 Å². The second-order valence-corrected chi connectivity index (χ2v) is 7.02. The number of benzene rings is 2. The Morgan fingerprint density at radius 1 is 1.11 bits per heavy atom. The molecule has 28 heavy (non-hydrogen) atoms. The number of halogens is 1. The number of para-hydroxylation sites is 1. The van der Waals surface area contributed by atoms with E-state index in [2.05, 4.69) is 10.3 Å². The van der Waals surface area contributed by atoms with Gasteiger partial charge in [0.05, 0.1) is 5.69 Å². The Morgan fingerprint density at radius 2 is 1.82 bits per heavy atom. The SMILES string of the molecule is CC(C)NCc1cc2c(-c3ccc(F)cc3)nn(-c3ccccc3)c2[nH]c1=O. The molecule has 0 radical (unpaired) electrons. The highest BCUT2D eigenvalue weighted by Crippen LogP contribution is 2.29. The van der Waals surface area contributed by atoms with Gasteiger partial charge in [-0.3, -0.25) is 4.79 Å². The molecule has 0 amide bonds. The van der Waals surface area contributed by atoms with Gasteiger partial charge in [0, 0.05) is 29.1 Å². The number of rotatable bonds is 5. The van der Waals surface area contributed by atoms with Crippen molar-refractivity contribution >= 4 is 11.0 Å². The number of H-pyrrole nitrogens is 1. The van der Waals surface area contributed by atoms with Crippen LogP contribution in [0.3, 0.4) is 0 Å². The average molecular weight is 376 g/mol. The molecule has 2 aromatic heterocycles. The highest BCUT2D eigenvalue weighted by atomic mass is 19.1. The zero-order chi connectivity index (χ0) is 19.7. The predicted octanol–water partition coefficient (Wildman–Crippen LogP) is 4.02. The van der Waals surface area contributed by atoms with Crippen molar-refractivity contribution in [3.8, 4) is 16.9 Å². The van der Waals surface area contributed by atoms with Gasteiger partial charge in [0.25, 0.3) is 5.56 Å². The Bertz CT molecular complexity index is 1160. The molecule has 2 aromatic carbocycles. The topological polar surface area (TPSA) is 62.7 Å². The minimum atomic E-state index is -0.300. The van der Waals surface area contributed by atoms with Gasteiger partial charge in [0.1, 0.15) is 17.2 Å². The standard InChI is InChI=1S/C22H21FN4O/c1-14(2)24-13-16-12-19-20(15-8-10-17(23)11-9-15)26-27(21(19)25-22(16)28)18-6-4-3-5-7-18/h3-12,14,24H,13H2,1-2H3,(H,25,28). The second-order valence-electron chi connectivity index (χ2n) is 7.02. The lowest BCUT2D eigenvalue weighted by molar-refractivity contribution is 0.586. The first-order valence-electron chi connectivity index (χ1n) is 9.22. The zero-order valence-corrected chi connectivity index (χ0v) is 15.7. The van der Waals surface area contributed by atoms with Crippen molar-refractivity contribution in [3.05, 3.63) is 82.4 Å². The monoisotopic (exact) mass is 376 g/mol. The summed E-state index contributed by atoms with van der Waals surface area (Å²) in [4.78, 5) is 15.6. The van der Waals surface area contributed by atoms with Crippen LogP contribution in [0.1, 0.15) is 19.4 Å². The lowest BCUT2D eigenvalue weighted by Gasteiger charge is -2.08. The number of pyridine rings is 1. The molecule has 0 spiro atoms. The van der Waals surface area contributed by atoms with Gasteiger partial charge >= 0.3 is 0 Å². The van der Waals surface area contributed by atoms with E-state index in [1.54, 1.807) is 16.8 Å². The molecule has 142 valence electrons. The largest absolute Gasteiger partial charge is 0.310 e. The molecule has 0 saturated carbocycles. The molecule has 2 N–H and O–H groups in total. The van der Waals surface area contributed by atoms with Crippen molar-refractivity contribution in [1.29, 1.82) is 0 Å². The molecule has 0 saturated heterocycles. The van der Waals surface area contributed by atoms with Crippen LogP contribution in [0.25, 0.3) is 28.0 Å². The summed E-state index contributed by atoms with van der Waals surface area (Å²) in [7, 11) is 0. The molecule has 2 heterocycles. The molecule has 0 unspecified atom stereocenters. The third kappa shape index (κ3) is 3.46. The smallest absolute Gasteiger partial charge is 0.254 e. The molecule has 4 aromatic rings. The fourth-order valence-corrected chi connectivity index (χ4v) is 3.14. The van der Waals surface area contributed by atoms with Crippen LogP contribution in [0.4, 0.5) is 4.39 Å². The minimum absolute atomic E-state index is 0.150. The van der Waals surface area contributed by atoms with Gasteiger partial charge in [0.15, 0.2) is 0 Å². The number of hydrogen-bond donors (Lipinski definition) is 2. The molecule has 4 rings (SSSR count). The number of hydrogen-bond acceptors (Lipinski definition) is 3. The zero-order valence-electron chi connectivity index (χ0n) is 15.7. The van der Waals surface area contributed by atoms with Crippen molar-refractivity contribution in [2.45, 2.75) is 26.4 Å². The Kier molecular flexibility index (Phi) is 4.79. The fourth-order valence-electron chi connectivity index (χ4n) is 3.14. The maximum atomic E-state index is 13.4. The van der Waals surface area contributed by atoms with Crippen LogP contribution >= 0.6 is 0 Å². The van der Waals surface area contributed by atoms with Crippen molar-refractivity contribution in [1.82, 2.24) is 20.1 Å². The average Bonchev–Trinajstić information content (AvgIpc) is 3.05. The van der Waals surface area contributed by atoms with E-state index in [9.17, 15) is 9.18 Å². The van der Waals surface area contributed by atoms with Gasteiger partial charge in [0.2, 0.25) is 0 Å². The molecule has 5 nitrogen and oxygen atoms in total. The molecule has 0 fully saturated rings. The number of aromatic nitrogens is 3. The molecule has 6 heteroatoms. The maximum absolute atomic E-state index is 13.4. The van der Waals surface area contributed by atoms with Gasteiger partial charge in [-0.05, 0) is 42.5 Å². The summed E-state index contributed by atoms with van der Waals surface area (Å²) in [5, 5.41) is 8.83. The summed E-state index contributed by atoms with van der Waals surface area (Å²) in [5.74, 6) is -0.300. The third-order valence-corrected chi connectivity index (χ3v) is 4.58. The number of nitrogens with zero attached hydrogens (tertiary/aromatic N) is 2.